The molecule has 5 rings (SSSR count). The van der Waals surface area contributed by atoms with Gasteiger partial charge in [-0.1, -0.05) is 38.2 Å². The second-order valence-electron chi connectivity index (χ2n) is 9.63. The fourth-order valence-electron chi connectivity index (χ4n) is 4.46. The van der Waals surface area contributed by atoms with Crippen molar-refractivity contribution in [3.05, 3.63) is 73.6 Å². The second kappa shape index (κ2) is 9.63. The first kappa shape index (κ1) is 25.0. The summed E-state index contributed by atoms with van der Waals surface area (Å²) >= 11 is 1.33. The number of methoxy groups -OCH3 is 1. The number of hydrogen-bond donors (Lipinski definition) is 0. The van der Waals surface area contributed by atoms with Crippen molar-refractivity contribution in [1.29, 1.82) is 0 Å². The van der Waals surface area contributed by atoms with Gasteiger partial charge in [-0.25, -0.2) is 0 Å². The summed E-state index contributed by atoms with van der Waals surface area (Å²) < 4.78 is 17.7. The normalized spacial score (nSPS) is 15.1. The van der Waals surface area contributed by atoms with Crippen LogP contribution in [0.15, 0.2) is 39.5 Å². The Bertz CT molecular complexity index is 1570. The third-order valence-electron chi connectivity index (χ3n) is 6.53. The van der Waals surface area contributed by atoms with Gasteiger partial charge in [0, 0.05) is 0 Å². The zero-order chi connectivity index (χ0) is 26.4. The number of carbonyl (C=O) groups excluding carboxylic acids is 1. The van der Waals surface area contributed by atoms with Crippen LogP contribution in [0, 0.1) is 19.8 Å². The first-order valence-electron chi connectivity index (χ1n) is 12.3. The van der Waals surface area contributed by atoms with Gasteiger partial charge in [0.15, 0.2) is 16.9 Å². The molecular weight excluding hydrogens is 490 g/mol. The van der Waals surface area contributed by atoms with Crippen LogP contribution in [0.25, 0.3) is 11.0 Å². The summed E-state index contributed by atoms with van der Waals surface area (Å²) in [4.78, 5) is 29.2. The van der Waals surface area contributed by atoms with Crippen LogP contribution in [-0.2, 0) is 6.42 Å². The lowest BCUT2D eigenvalue weighted by atomic mass is 9.97. The zero-order valence-electron chi connectivity index (χ0n) is 21.7. The van der Waals surface area contributed by atoms with E-state index in [1.165, 1.54) is 16.2 Å². The molecule has 2 aromatic heterocycles. The quantitative estimate of drug-likeness (QED) is 0.313. The SMILES string of the molecule is CCc1nnc(N2C(=O)c3oc4cc(C)c(C)cc4c(=O)c3C2c2ccc(OCC(C)C)c(OC)c2)s1. The van der Waals surface area contributed by atoms with Crippen LogP contribution >= 0.6 is 11.3 Å². The Morgan fingerprint density at radius 2 is 1.84 bits per heavy atom. The van der Waals surface area contributed by atoms with Crippen LogP contribution in [0.1, 0.15) is 64.6 Å². The minimum Gasteiger partial charge on any atom is -0.493 e. The lowest BCUT2D eigenvalue weighted by Crippen LogP contribution is -2.29. The molecule has 0 radical (unpaired) electrons. The van der Waals surface area contributed by atoms with Gasteiger partial charge in [-0.15, -0.1) is 10.2 Å². The van der Waals surface area contributed by atoms with Crippen LogP contribution in [-0.4, -0.2) is 29.8 Å². The van der Waals surface area contributed by atoms with E-state index in [1.807, 2.05) is 45.0 Å². The highest BCUT2D eigenvalue weighted by atomic mass is 32.1. The molecule has 192 valence electrons. The van der Waals surface area contributed by atoms with Gasteiger partial charge in [0.05, 0.1) is 30.7 Å². The predicted octanol–water partition coefficient (Wildman–Crippen LogP) is 5.62. The van der Waals surface area contributed by atoms with Crippen molar-refractivity contribution >= 4 is 33.3 Å². The van der Waals surface area contributed by atoms with Gasteiger partial charge < -0.3 is 13.9 Å². The largest absolute Gasteiger partial charge is 0.493 e. The van der Waals surface area contributed by atoms with E-state index in [0.717, 1.165) is 16.1 Å². The van der Waals surface area contributed by atoms with Gasteiger partial charge in [0.2, 0.25) is 10.9 Å². The van der Waals surface area contributed by atoms with Crippen molar-refractivity contribution in [1.82, 2.24) is 10.2 Å². The number of fused-ring (bicyclic) bond motifs is 2. The van der Waals surface area contributed by atoms with Crippen molar-refractivity contribution in [2.45, 2.75) is 47.1 Å². The van der Waals surface area contributed by atoms with Crippen LogP contribution in [0.4, 0.5) is 5.13 Å². The van der Waals surface area contributed by atoms with E-state index in [4.69, 9.17) is 13.9 Å². The molecule has 8 nitrogen and oxygen atoms in total. The highest BCUT2D eigenvalue weighted by Crippen LogP contribution is 2.44. The van der Waals surface area contributed by atoms with Crippen molar-refractivity contribution in [3.63, 3.8) is 0 Å². The molecule has 3 heterocycles. The highest BCUT2D eigenvalue weighted by molar-refractivity contribution is 7.15. The molecule has 1 unspecified atom stereocenters. The lowest BCUT2D eigenvalue weighted by molar-refractivity contribution is 0.0970. The Kier molecular flexibility index (Phi) is 6.49. The van der Waals surface area contributed by atoms with Gasteiger partial charge >= 0.3 is 0 Å². The molecule has 0 spiro atoms. The van der Waals surface area contributed by atoms with E-state index in [0.29, 0.717) is 52.1 Å². The van der Waals surface area contributed by atoms with Crippen LogP contribution in [0.5, 0.6) is 11.5 Å². The van der Waals surface area contributed by atoms with Crippen molar-refractivity contribution in [3.8, 4) is 11.5 Å². The maximum atomic E-state index is 13.9. The summed E-state index contributed by atoms with van der Waals surface area (Å²) in [5, 5.41) is 10.2. The highest BCUT2D eigenvalue weighted by Gasteiger charge is 2.45. The molecule has 37 heavy (non-hydrogen) atoms. The summed E-state index contributed by atoms with van der Waals surface area (Å²) in [7, 11) is 1.57. The van der Waals surface area contributed by atoms with E-state index in [2.05, 4.69) is 24.0 Å². The molecule has 4 aromatic rings. The molecule has 0 aliphatic carbocycles. The maximum absolute atomic E-state index is 13.9. The molecular formula is C28H29N3O5S. The van der Waals surface area contributed by atoms with Crippen molar-refractivity contribution < 1.29 is 18.7 Å². The molecule has 1 amide bonds. The number of rotatable bonds is 7. The monoisotopic (exact) mass is 519 g/mol. The third kappa shape index (κ3) is 4.27. The first-order valence-corrected chi connectivity index (χ1v) is 13.1. The van der Waals surface area contributed by atoms with Crippen molar-refractivity contribution in [2.75, 3.05) is 18.6 Å². The second-order valence-corrected chi connectivity index (χ2v) is 10.7. The number of aromatic nitrogens is 2. The third-order valence-corrected chi connectivity index (χ3v) is 7.59. The summed E-state index contributed by atoms with van der Waals surface area (Å²) in [6, 6.07) is 8.35. The number of anilines is 1. The average molecular weight is 520 g/mol. The van der Waals surface area contributed by atoms with Crippen LogP contribution < -0.4 is 19.8 Å². The minimum absolute atomic E-state index is 0.0260. The molecule has 0 saturated heterocycles. The number of carbonyl (C=O) groups is 1. The molecule has 2 aromatic carbocycles. The van der Waals surface area contributed by atoms with Gasteiger partial charge in [0.1, 0.15) is 10.6 Å². The van der Waals surface area contributed by atoms with E-state index in [9.17, 15) is 9.59 Å². The van der Waals surface area contributed by atoms with Crippen LogP contribution in [0.2, 0.25) is 0 Å². The topological polar surface area (TPSA) is 94.8 Å². The summed E-state index contributed by atoms with van der Waals surface area (Å²) in [6.07, 6.45) is 0.687. The smallest absolute Gasteiger partial charge is 0.297 e. The lowest BCUT2D eigenvalue weighted by Gasteiger charge is -2.23. The molecule has 9 heteroatoms. The van der Waals surface area contributed by atoms with Crippen LogP contribution in [0.3, 0.4) is 0 Å². The Morgan fingerprint density at radius 3 is 2.51 bits per heavy atom. The van der Waals surface area contributed by atoms with Gasteiger partial charge in [-0.3, -0.25) is 14.5 Å². The molecule has 0 fully saturated rings. The van der Waals surface area contributed by atoms with Crippen molar-refractivity contribution in [2.24, 2.45) is 5.92 Å². The fourth-order valence-corrected chi connectivity index (χ4v) is 5.26. The number of aryl methyl sites for hydroxylation is 3. The Balaban J connectivity index is 1.73. The minimum atomic E-state index is -0.754. The molecule has 1 aliphatic heterocycles. The number of amides is 1. The molecule has 0 bridgehead atoms. The predicted molar refractivity (Wildman–Crippen MR) is 143 cm³/mol. The summed E-state index contributed by atoms with van der Waals surface area (Å²) in [6.45, 7) is 10.5. The standard InChI is InChI=1S/C28H29N3O5S/c1-7-22-29-30-28(37-22)31-24(17-8-9-19(21(12-17)34-6)35-13-14(2)3)23-25(32)18-10-15(4)16(5)11-20(18)36-26(23)27(31)33/h8-12,14,24H,7,13H2,1-6H3. The molecule has 1 aliphatic rings. The number of ether oxygens (including phenoxy) is 2. The van der Waals surface area contributed by atoms with Gasteiger partial charge in [0.25, 0.3) is 5.91 Å². The Labute approximate surface area is 218 Å². The van der Waals surface area contributed by atoms with Gasteiger partial charge in [-0.2, -0.15) is 0 Å². The summed E-state index contributed by atoms with van der Waals surface area (Å²) in [5.41, 5.74) is 3.08. The maximum Gasteiger partial charge on any atom is 0.297 e. The van der Waals surface area contributed by atoms with E-state index in [-0.39, 0.29) is 16.8 Å². The Morgan fingerprint density at radius 1 is 1.08 bits per heavy atom. The van der Waals surface area contributed by atoms with E-state index < -0.39 is 11.9 Å². The van der Waals surface area contributed by atoms with E-state index in [1.54, 1.807) is 13.2 Å². The number of hydrogen-bond acceptors (Lipinski definition) is 8. The first-order chi connectivity index (χ1) is 17.7. The molecule has 0 N–H and O–H groups in total. The molecule has 0 saturated carbocycles. The Hall–Kier alpha value is -3.72. The van der Waals surface area contributed by atoms with E-state index >= 15 is 0 Å². The number of nitrogens with zero attached hydrogens (tertiary/aromatic N) is 3. The zero-order valence-corrected chi connectivity index (χ0v) is 22.6. The average Bonchev–Trinajstić information content (AvgIpc) is 3.46. The fraction of sp³-hybridized carbons (Fsp3) is 0.357. The number of benzene rings is 2. The van der Waals surface area contributed by atoms with Gasteiger partial charge in [-0.05, 0) is 67.1 Å². The summed E-state index contributed by atoms with van der Waals surface area (Å²) in [5.74, 6) is 1.06. The molecule has 1 atom stereocenters.